The lowest BCUT2D eigenvalue weighted by atomic mass is 9.94. The summed E-state index contributed by atoms with van der Waals surface area (Å²) < 4.78 is 17.9. The first kappa shape index (κ1) is 13.4. The van der Waals surface area contributed by atoms with E-state index in [1.54, 1.807) is 17.7 Å². The molecule has 2 aliphatic rings. The molecular weight excluding hydrogens is 260 g/mol. The molecule has 110 valence electrons. The van der Waals surface area contributed by atoms with Crippen molar-refractivity contribution in [3.05, 3.63) is 11.8 Å². The van der Waals surface area contributed by atoms with Gasteiger partial charge in [0.1, 0.15) is 6.10 Å². The summed E-state index contributed by atoms with van der Waals surface area (Å²) in [5.74, 6) is 0.951. The highest BCUT2D eigenvalue weighted by molar-refractivity contribution is 5.87. The maximum Gasteiger partial charge on any atom is 0.358 e. The average Bonchev–Trinajstić information content (AvgIpc) is 2.98. The Hall–Kier alpha value is -1.56. The number of carbonyl (C=O) groups excluding carboxylic acids is 1. The van der Waals surface area contributed by atoms with E-state index in [4.69, 9.17) is 14.2 Å². The minimum Gasteiger partial charge on any atom is -0.473 e. The first-order valence-corrected chi connectivity index (χ1v) is 7.25. The molecule has 0 amide bonds. The van der Waals surface area contributed by atoms with Gasteiger partial charge in [0.15, 0.2) is 5.69 Å². The minimum absolute atomic E-state index is 0.164. The molecule has 0 N–H and O–H groups in total. The van der Waals surface area contributed by atoms with Crippen molar-refractivity contribution in [2.24, 2.45) is 5.92 Å². The second-order valence-corrected chi connectivity index (χ2v) is 5.30. The van der Waals surface area contributed by atoms with Crippen molar-refractivity contribution in [2.45, 2.75) is 38.8 Å². The molecule has 0 aliphatic carbocycles. The van der Waals surface area contributed by atoms with E-state index >= 15 is 0 Å². The Morgan fingerprint density at radius 3 is 3.00 bits per heavy atom. The standard InChI is InChI=1S/C14H20N2O4/c1-2-19-14(17)12-8-13-16(15-12)9-11(20-13)7-10-3-5-18-6-4-10/h8,10-11H,2-7,9H2,1H3. The summed E-state index contributed by atoms with van der Waals surface area (Å²) in [6.45, 7) is 4.56. The molecule has 1 fully saturated rings. The maximum absolute atomic E-state index is 11.6. The average molecular weight is 280 g/mol. The summed E-state index contributed by atoms with van der Waals surface area (Å²) >= 11 is 0. The van der Waals surface area contributed by atoms with E-state index < -0.39 is 0 Å². The van der Waals surface area contributed by atoms with Crippen LogP contribution in [-0.2, 0) is 16.0 Å². The molecule has 0 aromatic carbocycles. The molecule has 0 spiro atoms. The number of rotatable bonds is 4. The highest BCUT2D eigenvalue weighted by Gasteiger charge is 2.29. The summed E-state index contributed by atoms with van der Waals surface area (Å²) in [7, 11) is 0. The third-order valence-electron chi connectivity index (χ3n) is 3.83. The number of ether oxygens (including phenoxy) is 3. The Bertz CT molecular complexity index is 456. The van der Waals surface area contributed by atoms with Crippen molar-refractivity contribution in [1.29, 1.82) is 0 Å². The largest absolute Gasteiger partial charge is 0.473 e. The van der Waals surface area contributed by atoms with Crippen LogP contribution < -0.4 is 4.74 Å². The van der Waals surface area contributed by atoms with Crippen LogP contribution in [0.5, 0.6) is 5.88 Å². The van der Waals surface area contributed by atoms with Crippen LogP contribution in [0.4, 0.5) is 0 Å². The topological polar surface area (TPSA) is 62.6 Å². The smallest absolute Gasteiger partial charge is 0.358 e. The second kappa shape index (κ2) is 5.83. The van der Waals surface area contributed by atoms with Gasteiger partial charge in [0, 0.05) is 19.3 Å². The van der Waals surface area contributed by atoms with Gasteiger partial charge in [-0.1, -0.05) is 0 Å². The van der Waals surface area contributed by atoms with E-state index in [9.17, 15) is 4.79 Å². The number of nitrogens with zero attached hydrogens (tertiary/aromatic N) is 2. The fourth-order valence-corrected chi connectivity index (χ4v) is 2.81. The third kappa shape index (κ3) is 2.80. The van der Waals surface area contributed by atoms with Crippen LogP contribution in [0.25, 0.3) is 0 Å². The van der Waals surface area contributed by atoms with E-state index in [-0.39, 0.29) is 12.1 Å². The van der Waals surface area contributed by atoms with Gasteiger partial charge in [-0.3, -0.25) is 0 Å². The van der Waals surface area contributed by atoms with E-state index in [1.807, 2.05) is 0 Å². The van der Waals surface area contributed by atoms with Gasteiger partial charge >= 0.3 is 5.97 Å². The Morgan fingerprint density at radius 2 is 2.30 bits per heavy atom. The third-order valence-corrected chi connectivity index (χ3v) is 3.83. The zero-order chi connectivity index (χ0) is 13.9. The molecule has 2 aliphatic heterocycles. The number of fused-ring (bicyclic) bond motifs is 1. The minimum atomic E-state index is -0.390. The SMILES string of the molecule is CCOC(=O)c1cc2n(n1)CC(CC1CCOCC1)O2. The van der Waals surface area contributed by atoms with E-state index in [2.05, 4.69) is 5.10 Å². The molecule has 0 saturated carbocycles. The second-order valence-electron chi connectivity index (χ2n) is 5.30. The van der Waals surface area contributed by atoms with Crippen LogP contribution in [0.3, 0.4) is 0 Å². The predicted octanol–water partition coefficient (Wildman–Crippen LogP) is 1.64. The molecular formula is C14H20N2O4. The first-order valence-electron chi connectivity index (χ1n) is 7.25. The van der Waals surface area contributed by atoms with Gasteiger partial charge in [-0.15, -0.1) is 0 Å². The molecule has 1 aromatic heterocycles. The fraction of sp³-hybridized carbons (Fsp3) is 0.714. The highest BCUT2D eigenvalue weighted by Crippen LogP contribution is 2.29. The molecule has 1 atom stereocenters. The van der Waals surface area contributed by atoms with Gasteiger partial charge < -0.3 is 14.2 Å². The monoisotopic (exact) mass is 280 g/mol. The number of hydrogen-bond acceptors (Lipinski definition) is 5. The van der Waals surface area contributed by atoms with Crippen LogP contribution in [0, 0.1) is 5.92 Å². The van der Waals surface area contributed by atoms with Crippen LogP contribution in [0.1, 0.15) is 36.7 Å². The first-order chi connectivity index (χ1) is 9.76. The fourth-order valence-electron chi connectivity index (χ4n) is 2.81. The van der Waals surface area contributed by atoms with Crippen molar-refractivity contribution < 1.29 is 19.0 Å². The summed E-state index contributed by atoms with van der Waals surface area (Å²) in [5, 5.41) is 4.25. The molecule has 20 heavy (non-hydrogen) atoms. The quantitative estimate of drug-likeness (QED) is 0.785. The Kier molecular flexibility index (Phi) is 3.91. The van der Waals surface area contributed by atoms with Gasteiger partial charge in [0.25, 0.3) is 0 Å². The van der Waals surface area contributed by atoms with Crippen molar-refractivity contribution in [3.8, 4) is 5.88 Å². The van der Waals surface area contributed by atoms with E-state index in [0.717, 1.165) is 32.5 Å². The van der Waals surface area contributed by atoms with E-state index in [0.29, 0.717) is 30.6 Å². The lowest BCUT2D eigenvalue weighted by Crippen LogP contribution is -2.24. The van der Waals surface area contributed by atoms with Gasteiger partial charge in [0.05, 0.1) is 13.2 Å². The highest BCUT2D eigenvalue weighted by atomic mass is 16.5. The van der Waals surface area contributed by atoms with Crippen molar-refractivity contribution >= 4 is 5.97 Å². The molecule has 1 aromatic rings. The summed E-state index contributed by atoms with van der Waals surface area (Å²) in [6.07, 6.45) is 3.41. The molecule has 6 heteroatoms. The molecule has 3 heterocycles. The van der Waals surface area contributed by atoms with Crippen molar-refractivity contribution in [3.63, 3.8) is 0 Å². The molecule has 1 saturated heterocycles. The van der Waals surface area contributed by atoms with Gasteiger partial charge in [0.2, 0.25) is 5.88 Å². The van der Waals surface area contributed by atoms with Gasteiger partial charge in [-0.25, -0.2) is 9.48 Å². The number of aromatic nitrogens is 2. The van der Waals surface area contributed by atoms with E-state index in [1.165, 1.54) is 0 Å². The number of hydrogen-bond donors (Lipinski definition) is 0. The van der Waals surface area contributed by atoms with Crippen LogP contribution in [-0.4, -0.2) is 41.7 Å². The van der Waals surface area contributed by atoms with Crippen LogP contribution in [0.15, 0.2) is 6.07 Å². The normalized spacial score (nSPS) is 22.4. The maximum atomic E-state index is 11.6. The van der Waals surface area contributed by atoms with Crippen LogP contribution >= 0.6 is 0 Å². The lowest BCUT2D eigenvalue weighted by Gasteiger charge is -2.23. The Morgan fingerprint density at radius 1 is 1.50 bits per heavy atom. The van der Waals surface area contributed by atoms with Crippen molar-refractivity contribution in [1.82, 2.24) is 9.78 Å². The summed E-state index contributed by atoms with van der Waals surface area (Å²) in [4.78, 5) is 11.6. The molecule has 0 radical (unpaired) electrons. The van der Waals surface area contributed by atoms with Crippen molar-refractivity contribution in [2.75, 3.05) is 19.8 Å². The zero-order valence-electron chi connectivity index (χ0n) is 11.7. The Labute approximate surface area is 118 Å². The molecule has 1 unspecified atom stereocenters. The van der Waals surface area contributed by atoms with Gasteiger partial charge in [-0.05, 0) is 32.1 Å². The zero-order valence-corrected chi connectivity index (χ0v) is 11.7. The number of esters is 1. The van der Waals surface area contributed by atoms with Crippen LogP contribution in [0.2, 0.25) is 0 Å². The predicted molar refractivity (Wildman–Crippen MR) is 70.8 cm³/mol. The Balaban J connectivity index is 1.56. The summed E-state index contributed by atoms with van der Waals surface area (Å²) in [5.41, 5.74) is 0.325. The molecule has 6 nitrogen and oxygen atoms in total. The lowest BCUT2D eigenvalue weighted by molar-refractivity contribution is 0.0495. The van der Waals surface area contributed by atoms with Gasteiger partial charge in [-0.2, -0.15) is 5.10 Å². The molecule has 3 rings (SSSR count). The molecule has 0 bridgehead atoms. The summed E-state index contributed by atoms with van der Waals surface area (Å²) in [6, 6.07) is 1.67. The number of carbonyl (C=O) groups is 1.